The molecule has 0 atom stereocenters. The van der Waals surface area contributed by atoms with Crippen molar-refractivity contribution in [3.63, 3.8) is 0 Å². The van der Waals surface area contributed by atoms with Crippen molar-refractivity contribution in [2.24, 2.45) is 0 Å². The predicted octanol–water partition coefficient (Wildman–Crippen LogP) is 3.99. The van der Waals surface area contributed by atoms with Crippen LogP contribution in [0.5, 0.6) is 0 Å². The van der Waals surface area contributed by atoms with Gasteiger partial charge in [-0.1, -0.05) is 17.7 Å². The lowest BCUT2D eigenvalue weighted by molar-refractivity contribution is -0.137. The SMILES string of the molecule is COC1(c2ccc(C(F)(F)F)cc2Cl)CC1. The van der Waals surface area contributed by atoms with Gasteiger partial charge in [-0.3, -0.25) is 0 Å². The van der Waals surface area contributed by atoms with Gasteiger partial charge in [0.2, 0.25) is 0 Å². The first kappa shape index (κ1) is 11.7. The van der Waals surface area contributed by atoms with Crippen molar-refractivity contribution in [1.82, 2.24) is 0 Å². The Bertz CT molecular complexity index is 410. The molecule has 0 radical (unpaired) electrons. The molecule has 0 heterocycles. The molecule has 0 spiro atoms. The fourth-order valence-electron chi connectivity index (χ4n) is 1.76. The van der Waals surface area contributed by atoms with Gasteiger partial charge in [-0.25, -0.2) is 0 Å². The van der Waals surface area contributed by atoms with E-state index in [1.54, 1.807) is 7.11 Å². The second-order valence-corrected chi connectivity index (χ2v) is 4.30. The minimum atomic E-state index is -4.36. The van der Waals surface area contributed by atoms with E-state index in [1.165, 1.54) is 6.07 Å². The van der Waals surface area contributed by atoms with E-state index in [1.807, 2.05) is 0 Å². The summed E-state index contributed by atoms with van der Waals surface area (Å²) in [6, 6.07) is 3.40. The molecule has 1 aliphatic carbocycles. The van der Waals surface area contributed by atoms with Crippen LogP contribution in [0.15, 0.2) is 18.2 Å². The van der Waals surface area contributed by atoms with E-state index < -0.39 is 17.3 Å². The summed E-state index contributed by atoms with van der Waals surface area (Å²) in [6.45, 7) is 0. The van der Waals surface area contributed by atoms with Crippen molar-refractivity contribution in [2.45, 2.75) is 24.6 Å². The number of methoxy groups -OCH3 is 1. The zero-order valence-corrected chi connectivity index (χ0v) is 9.32. The molecule has 1 aromatic rings. The molecule has 0 amide bonds. The fourth-order valence-corrected chi connectivity index (χ4v) is 2.11. The molecule has 1 aliphatic rings. The zero-order valence-electron chi connectivity index (χ0n) is 8.57. The highest BCUT2D eigenvalue weighted by atomic mass is 35.5. The molecular formula is C11H10ClF3O. The van der Waals surface area contributed by atoms with Gasteiger partial charge in [-0.15, -0.1) is 0 Å². The van der Waals surface area contributed by atoms with Gasteiger partial charge in [0.1, 0.15) is 0 Å². The molecule has 0 aliphatic heterocycles. The smallest absolute Gasteiger partial charge is 0.373 e. The van der Waals surface area contributed by atoms with Gasteiger partial charge in [0.05, 0.1) is 11.2 Å². The van der Waals surface area contributed by atoms with E-state index in [0.29, 0.717) is 5.56 Å². The molecule has 1 aromatic carbocycles. The van der Waals surface area contributed by atoms with Gasteiger partial charge in [0.25, 0.3) is 0 Å². The fraction of sp³-hybridized carbons (Fsp3) is 0.455. The van der Waals surface area contributed by atoms with E-state index in [4.69, 9.17) is 16.3 Å². The molecule has 16 heavy (non-hydrogen) atoms. The van der Waals surface area contributed by atoms with Crippen molar-refractivity contribution in [2.75, 3.05) is 7.11 Å². The van der Waals surface area contributed by atoms with Crippen LogP contribution < -0.4 is 0 Å². The van der Waals surface area contributed by atoms with Crippen molar-refractivity contribution in [3.8, 4) is 0 Å². The van der Waals surface area contributed by atoms with Gasteiger partial charge < -0.3 is 4.74 Å². The Morgan fingerprint density at radius 3 is 2.31 bits per heavy atom. The first-order chi connectivity index (χ1) is 7.39. The van der Waals surface area contributed by atoms with E-state index in [9.17, 15) is 13.2 Å². The summed E-state index contributed by atoms with van der Waals surface area (Å²) in [4.78, 5) is 0. The lowest BCUT2D eigenvalue weighted by atomic mass is 10.0. The van der Waals surface area contributed by atoms with Gasteiger partial charge in [0, 0.05) is 17.7 Å². The van der Waals surface area contributed by atoms with Crippen LogP contribution in [0, 0.1) is 0 Å². The minimum Gasteiger partial charge on any atom is -0.373 e. The Labute approximate surface area is 96.2 Å². The summed E-state index contributed by atoms with van der Waals surface area (Å²) in [7, 11) is 1.54. The molecule has 0 aromatic heterocycles. The Kier molecular flexibility index (Phi) is 2.67. The molecule has 1 fully saturated rings. The van der Waals surface area contributed by atoms with Crippen LogP contribution in [0.3, 0.4) is 0 Å². The van der Waals surface area contributed by atoms with E-state index >= 15 is 0 Å². The lowest BCUT2D eigenvalue weighted by Crippen LogP contribution is -2.11. The molecule has 5 heteroatoms. The Balaban J connectivity index is 2.38. The van der Waals surface area contributed by atoms with Gasteiger partial charge in [-0.2, -0.15) is 13.2 Å². The van der Waals surface area contributed by atoms with Crippen molar-refractivity contribution >= 4 is 11.6 Å². The second-order valence-electron chi connectivity index (χ2n) is 3.89. The first-order valence-corrected chi connectivity index (χ1v) is 5.19. The highest BCUT2D eigenvalue weighted by Crippen LogP contribution is 2.51. The third kappa shape index (κ3) is 1.92. The number of alkyl halides is 3. The largest absolute Gasteiger partial charge is 0.416 e. The molecule has 0 saturated heterocycles. The van der Waals surface area contributed by atoms with Crippen LogP contribution in [0.4, 0.5) is 13.2 Å². The Morgan fingerprint density at radius 1 is 1.31 bits per heavy atom. The van der Waals surface area contributed by atoms with Crippen LogP contribution in [0.25, 0.3) is 0 Å². The standard InChI is InChI=1S/C11H10ClF3O/c1-16-10(4-5-10)8-3-2-7(6-9(8)12)11(13,14)15/h2-3,6H,4-5H2,1H3. The van der Waals surface area contributed by atoms with Crippen LogP contribution in [-0.4, -0.2) is 7.11 Å². The van der Waals surface area contributed by atoms with E-state index in [-0.39, 0.29) is 5.02 Å². The summed E-state index contributed by atoms with van der Waals surface area (Å²) >= 11 is 5.86. The zero-order chi connectivity index (χ0) is 12.0. The molecule has 0 unspecified atom stereocenters. The highest BCUT2D eigenvalue weighted by molar-refractivity contribution is 6.31. The van der Waals surface area contributed by atoms with E-state index in [2.05, 4.69) is 0 Å². The summed E-state index contributed by atoms with van der Waals surface area (Å²) in [5.41, 5.74) is -0.542. The number of hydrogen-bond donors (Lipinski definition) is 0. The molecular weight excluding hydrogens is 241 g/mol. The van der Waals surface area contributed by atoms with Crippen molar-refractivity contribution in [3.05, 3.63) is 34.3 Å². The molecule has 0 N–H and O–H groups in total. The summed E-state index contributed by atoms with van der Waals surface area (Å²) < 4.78 is 42.5. The summed E-state index contributed by atoms with van der Waals surface area (Å²) in [6.07, 6.45) is -2.75. The minimum absolute atomic E-state index is 0.120. The van der Waals surface area contributed by atoms with Crippen LogP contribution in [-0.2, 0) is 16.5 Å². The molecule has 0 bridgehead atoms. The quantitative estimate of drug-likeness (QED) is 0.771. The Morgan fingerprint density at radius 2 is 1.94 bits per heavy atom. The van der Waals surface area contributed by atoms with Crippen molar-refractivity contribution in [1.29, 1.82) is 0 Å². The third-order valence-corrected chi connectivity index (χ3v) is 3.19. The number of hydrogen-bond acceptors (Lipinski definition) is 1. The van der Waals surface area contributed by atoms with Crippen LogP contribution >= 0.6 is 11.6 Å². The van der Waals surface area contributed by atoms with E-state index in [0.717, 1.165) is 25.0 Å². The summed E-state index contributed by atoms with van der Waals surface area (Å²) in [5, 5.41) is 0.120. The average Bonchev–Trinajstić information content (AvgIpc) is 2.97. The second kappa shape index (κ2) is 3.64. The van der Waals surface area contributed by atoms with Crippen LogP contribution in [0.1, 0.15) is 24.0 Å². The molecule has 1 nitrogen and oxygen atoms in total. The highest BCUT2D eigenvalue weighted by Gasteiger charge is 2.46. The van der Waals surface area contributed by atoms with Crippen molar-refractivity contribution < 1.29 is 17.9 Å². The van der Waals surface area contributed by atoms with Gasteiger partial charge in [0.15, 0.2) is 0 Å². The average molecular weight is 251 g/mol. The number of ether oxygens (including phenoxy) is 1. The van der Waals surface area contributed by atoms with Gasteiger partial charge >= 0.3 is 6.18 Å². The third-order valence-electron chi connectivity index (χ3n) is 2.88. The maximum Gasteiger partial charge on any atom is 0.416 e. The molecule has 2 rings (SSSR count). The topological polar surface area (TPSA) is 9.23 Å². The first-order valence-electron chi connectivity index (χ1n) is 4.81. The lowest BCUT2D eigenvalue weighted by Gasteiger charge is -2.16. The number of benzene rings is 1. The normalized spacial score (nSPS) is 18.6. The number of rotatable bonds is 2. The van der Waals surface area contributed by atoms with Crippen LogP contribution in [0.2, 0.25) is 5.02 Å². The molecule has 1 saturated carbocycles. The maximum absolute atomic E-state index is 12.4. The monoisotopic (exact) mass is 250 g/mol. The maximum atomic E-state index is 12.4. The predicted molar refractivity (Wildman–Crippen MR) is 54.4 cm³/mol. The summed E-state index contributed by atoms with van der Waals surface area (Å²) in [5.74, 6) is 0. The number of halogens is 4. The Hall–Kier alpha value is -0.740. The molecule has 88 valence electrons. The van der Waals surface area contributed by atoms with Gasteiger partial charge in [-0.05, 0) is 25.0 Å².